The zero-order valence-corrected chi connectivity index (χ0v) is 11.4. The number of rotatable bonds is 4. The van der Waals surface area contributed by atoms with Crippen molar-refractivity contribution < 1.29 is 0 Å². The second-order valence-corrected chi connectivity index (χ2v) is 5.13. The molecule has 0 fully saturated rings. The topological polar surface area (TPSA) is 43.8 Å². The van der Waals surface area contributed by atoms with Gasteiger partial charge in [0.1, 0.15) is 0 Å². The van der Waals surface area contributed by atoms with Gasteiger partial charge in [-0.05, 0) is 36.2 Å². The lowest BCUT2D eigenvalue weighted by Gasteiger charge is -2.14. The summed E-state index contributed by atoms with van der Waals surface area (Å²) in [6, 6.07) is 8.36. The van der Waals surface area contributed by atoms with Gasteiger partial charge in [-0.1, -0.05) is 28.1 Å². The van der Waals surface area contributed by atoms with Crippen LogP contribution in [-0.4, -0.2) is 16.3 Å². The average molecular weight is 294 g/mol. The van der Waals surface area contributed by atoms with Gasteiger partial charge in [0, 0.05) is 23.6 Å². The third-order valence-corrected chi connectivity index (χ3v) is 3.40. The molecule has 90 valence electrons. The molecule has 0 spiro atoms. The molecule has 3 nitrogen and oxygen atoms in total. The maximum Gasteiger partial charge on any atom is 0.0521 e. The predicted molar refractivity (Wildman–Crippen MR) is 72.8 cm³/mol. The van der Waals surface area contributed by atoms with E-state index in [1.54, 1.807) is 0 Å². The summed E-state index contributed by atoms with van der Waals surface area (Å²) in [5.41, 5.74) is 8.36. The van der Waals surface area contributed by atoms with Gasteiger partial charge in [0.25, 0.3) is 0 Å². The summed E-state index contributed by atoms with van der Waals surface area (Å²) in [4.78, 5) is 0. The first kappa shape index (κ1) is 12.3. The van der Waals surface area contributed by atoms with Crippen LogP contribution < -0.4 is 5.73 Å². The number of hydrogen-bond donors (Lipinski definition) is 1. The Morgan fingerprint density at radius 3 is 2.59 bits per heavy atom. The van der Waals surface area contributed by atoms with E-state index in [4.69, 9.17) is 5.73 Å². The lowest BCUT2D eigenvalue weighted by atomic mass is 9.93. The minimum atomic E-state index is 0.354. The Morgan fingerprint density at radius 2 is 2.06 bits per heavy atom. The summed E-state index contributed by atoms with van der Waals surface area (Å²) in [7, 11) is 1.93. The molecule has 0 radical (unpaired) electrons. The van der Waals surface area contributed by atoms with Crippen molar-refractivity contribution in [3.63, 3.8) is 0 Å². The minimum Gasteiger partial charge on any atom is -0.330 e. The molecule has 0 saturated carbocycles. The van der Waals surface area contributed by atoms with Crippen LogP contribution in [0, 0.1) is 0 Å². The highest BCUT2D eigenvalue weighted by Gasteiger charge is 2.11. The highest BCUT2D eigenvalue weighted by Crippen LogP contribution is 2.21. The molecule has 17 heavy (non-hydrogen) atoms. The zero-order chi connectivity index (χ0) is 12.3. The highest BCUT2D eigenvalue weighted by molar-refractivity contribution is 9.10. The zero-order valence-electron chi connectivity index (χ0n) is 9.81. The SMILES string of the molecule is Cn1cc(CC(CN)c2ccc(Br)cc2)cn1. The van der Waals surface area contributed by atoms with Crippen molar-refractivity contribution in [1.29, 1.82) is 0 Å². The van der Waals surface area contributed by atoms with Crippen LogP contribution in [-0.2, 0) is 13.5 Å². The number of aromatic nitrogens is 2. The lowest BCUT2D eigenvalue weighted by Crippen LogP contribution is -2.14. The Morgan fingerprint density at radius 1 is 1.35 bits per heavy atom. The molecule has 0 saturated heterocycles. The molecule has 1 aromatic heterocycles. The van der Waals surface area contributed by atoms with E-state index in [-0.39, 0.29) is 0 Å². The molecule has 1 unspecified atom stereocenters. The quantitative estimate of drug-likeness (QED) is 0.941. The number of hydrogen-bond acceptors (Lipinski definition) is 2. The molecule has 0 aliphatic rings. The van der Waals surface area contributed by atoms with Gasteiger partial charge < -0.3 is 5.73 Å². The summed E-state index contributed by atoms with van der Waals surface area (Å²) >= 11 is 3.44. The number of nitrogens with two attached hydrogens (primary N) is 1. The van der Waals surface area contributed by atoms with Gasteiger partial charge in [-0.25, -0.2) is 0 Å². The normalized spacial score (nSPS) is 12.6. The summed E-state index contributed by atoms with van der Waals surface area (Å²) in [5, 5.41) is 4.18. The van der Waals surface area contributed by atoms with E-state index in [0.29, 0.717) is 12.5 Å². The van der Waals surface area contributed by atoms with E-state index in [1.807, 2.05) is 24.1 Å². The lowest BCUT2D eigenvalue weighted by molar-refractivity contribution is 0.693. The number of aryl methyl sites for hydroxylation is 1. The molecule has 1 heterocycles. The van der Waals surface area contributed by atoms with Crippen molar-refractivity contribution in [1.82, 2.24) is 9.78 Å². The van der Waals surface area contributed by atoms with Crippen LogP contribution in [0.15, 0.2) is 41.1 Å². The Labute approximate surface area is 110 Å². The van der Waals surface area contributed by atoms with Crippen molar-refractivity contribution in [3.05, 3.63) is 52.3 Å². The van der Waals surface area contributed by atoms with Crippen molar-refractivity contribution in [2.75, 3.05) is 6.54 Å². The standard InChI is InChI=1S/C13H16BrN3/c1-17-9-10(8-16-17)6-12(7-15)11-2-4-13(14)5-3-11/h2-5,8-9,12H,6-7,15H2,1H3. The van der Waals surface area contributed by atoms with Crippen LogP contribution in [0.25, 0.3) is 0 Å². The maximum absolute atomic E-state index is 5.86. The fraction of sp³-hybridized carbons (Fsp3) is 0.308. The molecular weight excluding hydrogens is 278 g/mol. The summed E-state index contributed by atoms with van der Waals surface area (Å²) in [6.45, 7) is 0.649. The predicted octanol–water partition coefficient (Wildman–Crippen LogP) is 2.47. The second-order valence-electron chi connectivity index (χ2n) is 4.21. The molecule has 0 amide bonds. The van der Waals surface area contributed by atoms with Crippen LogP contribution >= 0.6 is 15.9 Å². The van der Waals surface area contributed by atoms with Gasteiger partial charge in [-0.15, -0.1) is 0 Å². The minimum absolute atomic E-state index is 0.354. The van der Waals surface area contributed by atoms with E-state index in [1.165, 1.54) is 11.1 Å². The maximum atomic E-state index is 5.86. The summed E-state index contributed by atoms with van der Waals surface area (Å²) in [6.07, 6.45) is 4.88. The number of halogens is 1. The monoisotopic (exact) mass is 293 g/mol. The Hall–Kier alpha value is -1.13. The van der Waals surface area contributed by atoms with E-state index < -0.39 is 0 Å². The van der Waals surface area contributed by atoms with E-state index in [2.05, 4.69) is 45.3 Å². The average Bonchev–Trinajstić information content (AvgIpc) is 2.73. The molecule has 0 aliphatic heterocycles. The Bertz CT molecular complexity index is 476. The van der Waals surface area contributed by atoms with Crippen molar-refractivity contribution >= 4 is 15.9 Å². The molecule has 0 bridgehead atoms. The van der Waals surface area contributed by atoms with Crippen LogP contribution in [0.3, 0.4) is 0 Å². The smallest absolute Gasteiger partial charge is 0.0521 e. The molecule has 1 aromatic carbocycles. The van der Waals surface area contributed by atoms with Crippen molar-refractivity contribution in [2.24, 2.45) is 12.8 Å². The molecular formula is C13H16BrN3. The summed E-state index contributed by atoms with van der Waals surface area (Å²) in [5.74, 6) is 0.354. The molecule has 2 N–H and O–H groups in total. The molecule has 1 atom stereocenters. The third kappa shape index (κ3) is 3.17. The first-order chi connectivity index (χ1) is 8.19. The van der Waals surface area contributed by atoms with Gasteiger partial charge in [0.2, 0.25) is 0 Å². The highest BCUT2D eigenvalue weighted by atomic mass is 79.9. The van der Waals surface area contributed by atoms with Gasteiger partial charge in [-0.2, -0.15) is 5.10 Å². The van der Waals surface area contributed by atoms with E-state index >= 15 is 0 Å². The van der Waals surface area contributed by atoms with E-state index in [9.17, 15) is 0 Å². The Kier molecular flexibility index (Phi) is 3.97. The molecule has 4 heteroatoms. The van der Waals surface area contributed by atoms with Gasteiger partial charge >= 0.3 is 0 Å². The second kappa shape index (κ2) is 5.47. The van der Waals surface area contributed by atoms with Gasteiger partial charge in [0.15, 0.2) is 0 Å². The number of benzene rings is 1. The molecule has 0 aliphatic carbocycles. The first-order valence-corrected chi connectivity index (χ1v) is 6.41. The van der Waals surface area contributed by atoms with Crippen LogP contribution in [0.4, 0.5) is 0 Å². The summed E-state index contributed by atoms with van der Waals surface area (Å²) < 4.78 is 2.92. The largest absolute Gasteiger partial charge is 0.330 e. The fourth-order valence-corrected chi connectivity index (χ4v) is 2.20. The Balaban J connectivity index is 2.13. The van der Waals surface area contributed by atoms with E-state index in [0.717, 1.165) is 10.9 Å². The fourth-order valence-electron chi connectivity index (χ4n) is 1.93. The van der Waals surface area contributed by atoms with Gasteiger partial charge in [0.05, 0.1) is 6.20 Å². The molecule has 2 rings (SSSR count). The van der Waals surface area contributed by atoms with Crippen LogP contribution in [0.2, 0.25) is 0 Å². The molecule has 2 aromatic rings. The third-order valence-electron chi connectivity index (χ3n) is 2.87. The van der Waals surface area contributed by atoms with Crippen molar-refractivity contribution in [3.8, 4) is 0 Å². The van der Waals surface area contributed by atoms with Gasteiger partial charge in [-0.3, -0.25) is 4.68 Å². The van der Waals surface area contributed by atoms with Crippen molar-refractivity contribution in [2.45, 2.75) is 12.3 Å². The first-order valence-electron chi connectivity index (χ1n) is 5.62. The van der Waals surface area contributed by atoms with Crippen LogP contribution in [0.5, 0.6) is 0 Å². The van der Waals surface area contributed by atoms with Crippen LogP contribution in [0.1, 0.15) is 17.0 Å². The number of nitrogens with zero attached hydrogens (tertiary/aromatic N) is 2.